The van der Waals surface area contributed by atoms with Crippen LogP contribution in [0.25, 0.3) is 33.4 Å². The monoisotopic (exact) mass is 361 g/mol. The van der Waals surface area contributed by atoms with Gasteiger partial charge in [0, 0.05) is 47.2 Å². The maximum atomic E-state index is 6.01. The van der Waals surface area contributed by atoms with Crippen molar-refractivity contribution >= 4 is 11.0 Å². The number of hydrogen-bond acceptors (Lipinski definition) is 6. The van der Waals surface area contributed by atoms with Gasteiger partial charge in [0.25, 0.3) is 0 Å². The molecule has 4 aromatic heterocycles. The number of aromatic nitrogens is 6. The summed E-state index contributed by atoms with van der Waals surface area (Å²) < 4.78 is 6.01. The van der Waals surface area contributed by atoms with E-state index in [0.717, 1.165) is 59.3 Å². The smallest absolute Gasteiger partial charge is 0.233 e. The Morgan fingerprint density at radius 2 is 2.07 bits per heavy atom. The third-order valence-corrected chi connectivity index (χ3v) is 4.79. The predicted molar refractivity (Wildman–Crippen MR) is 101 cm³/mol. The molecule has 0 bridgehead atoms. The highest BCUT2D eigenvalue weighted by Crippen LogP contribution is 2.30. The first kappa shape index (κ1) is 16.0. The number of H-pyrrole nitrogens is 2. The zero-order valence-electron chi connectivity index (χ0n) is 14.6. The van der Waals surface area contributed by atoms with Gasteiger partial charge >= 0.3 is 0 Å². The molecule has 3 N–H and O–H groups in total. The lowest BCUT2D eigenvalue weighted by Gasteiger charge is -2.23. The number of nitrogens with zero attached hydrogens (tertiary/aromatic N) is 4. The first-order valence-corrected chi connectivity index (χ1v) is 9.03. The second-order valence-electron chi connectivity index (χ2n) is 6.64. The molecule has 0 spiro atoms. The van der Waals surface area contributed by atoms with Crippen molar-refractivity contribution < 1.29 is 4.74 Å². The summed E-state index contributed by atoms with van der Waals surface area (Å²) in [5, 5.41) is 11.2. The third kappa shape index (κ3) is 3.15. The summed E-state index contributed by atoms with van der Waals surface area (Å²) in [7, 11) is 0. The summed E-state index contributed by atoms with van der Waals surface area (Å²) in [6.45, 7) is 1.89. The SMILES string of the molecule is c1n[nH]cc1-c1cnc2[nH]cc(-c3cncc(O[C@H]4CCCNC4)n3)c2c1. The molecular formula is C19H19N7O. The molecule has 0 aromatic carbocycles. The zero-order valence-corrected chi connectivity index (χ0v) is 14.6. The van der Waals surface area contributed by atoms with Gasteiger partial charge in [-0.15, -0.1) is 0 Å². The molecular weight excluding hydrogens is 342 g/mol. The van der Waals surface area contributed by atoms with Crippen molar-refractivity contribution in [2.75, 3.05) is 13.1 Å². The maximum absolute atomic E-state index is 6.01. The summed E-state index contributed by atoms with van der Waals surface area (Å²) >= 11 is 0. The molecule has 0 saturated carbocycles. The van der Waals surface area contributed by atoms with Gasteiger partial charge in [-0.05, 0) is 25.5 Å². The minimum atomic E-state index is 0.139. The van der Waals surface area contributed by atoms with Gasteiger partial charge in [-0.2, -0.15) is 5.10 Å². The van der Waals surface area contributed by atoms with Gasteiger partial charge in [-0.3, -0.25) is 10.1 Å². The van der Waals surface area contributed by atoms with Gasteiger partial charge in [0.05, 0.1) is 24.3 Å². The largest absolute Gasteiger partial charge is 0.472 e. The summed E-state index contributed by atoms with van der Waals surface area (Å²) in [5.41, 5.74) is 4.49. The second-order valence-corrected chi connectivity index (χ2v) is 6.64. The van der Waals surface area contributed by atoms with E-state index >= 15 is 0 Å². The number of ether oxygens (including phenoxy) is 1. The van der Waals surface area contributed by atoms with Gasteiger partial charge in [-0.25, -0.2) is 9.97 Å². The highest BCUT2D eigenvalue weighted by atomic mass is 16.5. The molecule has 136 valence electrons. The Morgan fingerprint density at radius 1 is 1.07 bits per heavy atom. The number of pyridine rings is 1. The Morgan fingerprint density at radius 3 is 2.93 bits per heavy atom. The van der Waals surface area contributed by atoms with Crippen LogP contribution >= 0.6 is 0 Å². The Balaban J connectivity index is 1.49. The van der Waals surface area contributed by atoms with Crippen LogP contribution in [0, 0.1) is 0 Å². The van der Waals surface area contributed by atoms with Crippen molar-refractivity contribution in [2.45, 2.75) is 18.9 Å². The van der Waals surface area contributed by atoms with Gasteiger partial charge in [-0.1, -0.05) is 0 Å². The number of nitrogens with one attached hydrogen (secondary N) is 3. The minimum absolute atomic E-state index is 0.139. The summed E-state index contributed by atoms with van der Waals surface area (Å²) in [6, 6.07) is 2.08. The normalized spacial score (nSPS) is 17.3. The van der Waals surface area contributed by atoms with E-state index in [1.807, 2.05) is 18.6 Å². The molecule has 8 heteroatoms. The molecule has 1 saturated heterocycles. The van der Waals surface area contributed by atoms with Crippen molar-refractivity contribution in [3.05, 3.63) is 43.2 Å². The highest BCUT2D eigenvalue weighted by molar-refractivity contribution is 5.94. The van der Waals surface area contributed by atoms with Crippen LogP contribution in [-0.4, -0.2) is 49.3 Å². The van der Waals surface area contributed by atoms with Gasteiger partial charge in [0.1, 0.15) is 11.8 Å². The van der Waals surface area contributed by atoms with E-state index in [9.17, 15) is 0 Å². The molecule has 8 nitrogen and oxygen atoms in total. The Kier molecular flexibility index (Phi) is 4.02. The van der Waals surface area contributed by atoms with Crippen molar-refractivity contribution in [3.63, 3.8) is 0 Å². The van der Waals surface area contributed by atoms with Gasteiger partial charge in [0.2, 0.25) is 5.88 Å². The maximum Gasteiger partial charge on any atom is 0.233 e. The number of rotatable bonds is 4. The molecule has 1 atom stereocenters. The molecule has 27 heavy (non-hydrogen) atoms. The van der Waals surface area contributed by atoms with E-state index in [-0.39, 0.29) is 6.10 Å². The quantitative estimate of drug-likeness (QED) is 0.516. The number of piperidine rings is 1. The number of fused-ring (bicyclic) bond motifs is 1. The van der Waals surface area contributed by atoms with E-state index in [1.54, 1.807) is 18.6 Å². The third-order valence-electron chi connectivity index (χ3n) is 4.79. The van der Waals surface area contributed by atoms with Crippen LogP contribution in [0.1, 0.15) is 12.8 Å². The topological polar surface area (TPSA) is 104 Å². The van der Waals surface area contributed by atoms with E-state index in [1.165, 1.54) is 0 Å². The molecule has 5 rings (SSSR count). The number of aromatic amines is 2. The molecule has 0 unspecified atom stereocenters. The summed E-state index contributed by atoms with van der Waals surface area (Å²) in [4.78, 5) is 16.7. The van der Waals surface area contributed by atoms with Gasteiger partial charge in [0.15, 0.2) is 0 Å². The van der Waals surface area contributed by atoms with Crippen LogP contribution in [-0.2, 0) is 0 Å². The average Bonchev–Trinajstić information content (AvgIpc) is 3.38. The van der Waals surface area contributed by atoms with Crippen LogP contribution in [0.5, 0.6) is 5.88 Å². The second kappa shape index (κ2) is 6.81. The van der Waals surface area contributed by atoms with Crippen molar-refractivity contribution in [1.29, 1.82) is 0 Å². The molecule has 4 aromatic rings. The lowest BCUT2D eigenvalue weighted by Crippen LogP contribution is -2.37. The fourth-order valence-electron chi connectivity index (χ4n) is 3.41. The first-order valence-electron chi connectivity index (χ1n) is 9.03. The van der Waals surface area contributed by atoms with E-state index in [2.05, 4.69) is 41.5 Å². The Bertz CT molecular complexity index is 1050. The molecule has 0 aliphatic carbocycles. The van der Waals surface area contributed by atoms with Crippen LogP contribution in [0.2, 0.25) is 0 Å². The minimum Gasteiger partial charge on any atom is -0.472 e. The van der Waals surface area contributed by atoms with Crippen LogP contribution in [0.3, 0.4) is 0 Å². The van der Waals surface area contributed by atoms with Crippen molar-refractivity contribution in [1.82, 2.24) is 35.5 Å². The standard InChI is InChI=1S/C19H19N7O/c1-2-14(8-20-3-1)27-18-11-21-10-17(26-18)16-9-23-19-15(16)4-12(5-22-19)13-6-24-25-7-13/h4-7,9-11,14,20H,1-3,8H2,(H,22,23)(H,24,25)/t14-/m0/s1. The predicted octanol–water partition coefficient (Wildman–Crippen LogP) is 2.54. The van der Waals surface area contributed by atoms with Crippen LogP contribution < -0.4 is 10.1 Å². The van der Waals surface area contributed by atoms with Crippen LogP contribution in [0.4, 0.5) is 0 Å². The highest BCUT2D eigenvalue weighted by Gasteiger charge is 2.16. The fourth-order valence-corrected chi connectivity index (χ4v) is 3.41. The van der Waals surface area contributed by atoms with Crippen LogP contribution in [0.15, 0.2) is 43.2 Å². The van der Waals surface area contributed by atoms with E-state index < -0.39 is 0 Å². The van der Waals surface area contributed by atoms with E-state index in [0.29, 0.717) is 5.88 Å². The fraction of sp³-hybridized carbons (Fsp3) is 0.263. The van der Waals surface area contributed by atoms with Crippen molar-refractivity contribution in [2.24, 2.45) is 0 Å². The first-order chi connectivity index (χ1) is 13.4. The molecule has 1 fully saturated rings. The van der Waals surface area contributed by atoms with Crippen molar-refractivity contribution in [3.8, 4) is 28.3 Å². The lowest BCUT2D eigenvalue weighted by molar-refractivity contribution is 0.160. The molecule has 1 aliphatic rings. The Labute approximate surface area is 155 Å². The molecule has 5 heterocycles. The number of hydrogen-bond donors (Lipinski definition) is 3. The molecule has 0 amide bonds. The zero-order chi connectivity index (χ0) is 18.1. The summed E-state index contributed by atoms with van der Waals surface area (Å²) in [5.74, 6) is 0.550. The van der Waals surface area contributed by atoms with Gasteiger partial charge < -0.3 is 15.0 Å². The van der Waals surface area contributed by atoms with E-state index in [4.69, 9.17) is 4.74 Å². The Hall–Kier alpha value is -3.26. The molecule has 1 aliphatic heterocycles. The molecule has 0 radical (unpaired) electrons. The lowest BCUT2D eigenvalue weighted by atomic mass is 10.1. The summed E-state index contributed by atoms with van der Waals surface area (Å²) in [6.07, 6.45) is 13.1. The average molecular weight is 361 g/mol.